The zero-order chi connectivity index (χ0) is 17.5. The quantitative estimate of drug-likeness (QED) is 0.372. The van der Waals surface area contributed by atoms with Crippen LogP contribution in [0, 0.1) is 21.4 Å². The molecule has 0 fully saturated rings. The minimum Gasteiger partial charge on any atom is -0.360 e. The lowest BCUT2D eigenvalue weighted by Gasteiger charge is -2.05. The normalized spacial score (nSPS) is 10.6. The number of nitro benzene ring substituents is 1. The molecule has 0 aromatic heterocycles. The Hall–Kier alpha value is -3.37. The van der Waals surface area contributed by atoms with Gasteiger partial charge in [-0.05, 0) is 36.4 Å². The molecule has 0 unspecified atom stereocenters. The molecule has 1 amide bonds. The summed E-state index contributed by atoms with van der Waals surface area (Å²) < 4.78 is 0. The van der Waals surface area contributed by atoms with Crippen LogP contribution in [0.5, 0.6) is 0 Å². The molecule has 0 aliphatic carbocycles. The zero-order valence-electron chi connectivity index (χ0n) is 12.2. The molecule has 2 aromatic rings. The summed E-state index contributed by atoms with van der Waals surface area (Å²) in [6.07, 6.45) is 1.27. The molecular weight excluding hydrogens is 332 g/mol. The molecule has 0 aliphatic rings. The van der Waals surface area contributed by atoms with Crippen LogP contribution in [0.25, 0.3) is 0 Å². The number of nitrogens with one attached hydrogen (secondary N) is 2. The molecule has 0 bridgehead atoms. The van der Waals surface area contributed by atoms with Crippen molar-refractivity contribution in [3.05, 3.63) is 75.4 Å². The van der Waals surface area contributed by atoms with E-state index < -0.39 is 10.8 Å². The lowest BCUT2D eigenvalue weighted by molar-refractivity contribution is -0.384. The van der Waals surface area contributed by atoms with Crippen LogP contribution in [0.3, 0.4) is 0 Å². The second-order valence-electron chi connectivity index (χ2n) is 4.58. The number of nitrogens with zero attached hydrogens (tertiary/aromatic N) is 2. The zero-order valence-corrected chi connectivity index (χ0v) is 12.9. The molecule has 0 radical (unpaired) electrons. The van der Waals surface area contributed by atoms with Crippen LogP contribution >= 0.6 is 11.6 Å². The van der Waals surface area contributed by atoms with E-state index in [1.807, 2.05) is 0 Å². The average Bonchev–Trinajstić information content (AvgIpc) is 2.57. The highest BCUT2D eigenvalue weighted by atomic mass is 35.5. The third-order valence-corrected chi connectivity index (χ3v) is 3.18. The van der Waals surface area contributed by atoms with E-state index in [2.05, 4.69) is 10.6 Å². The summed E-state index contributed by atoms with van der Waals surface area (Å²) in [4.78, 5) is 22.1. The Morgan fingerprint density at radius 1 is 1.12 bits per heavy atom. The minimum absolute atomic E-state index is 0.0894. The summed E-state index contributed by atoms with van der Waals surface area (Å²) in [5, 5.41) is 25.5. The highest BCUT2D eigenvalue weighted by molar-refractivity contribution is 6.30. The van der Waals surface area contributed by atoms with Gasteiger partial charge < -0.3 is 10.6 Å². The molecule has 7 nitrogen and oxygen atoms in total. The van der Waals surface area contributed by atoms with Gasteiger partial charge in [-0.1, -0.05) is 11.6 Å². The number of benzene rings is 2. The van der Waals surface area contributed by atoms with Crippen molar-refractivity contribution in [3.63, 3.8) is 0 Å². The molecule has 0 aliphatic heterocycles. The summed E-state index contributed by atoms with van der Waals surface area (Å²) in [6.45, 7) is 0. The number of carbonyl (C=O) groups is 1. The van der Waals surface area contributed by atoms with Crippen LogP contribution in [-0.2, 0) is 4.79 Å². The van der Waals surface area contributed by atoms with Gasteiger partial charge in [-0.3, -0.25) is 14.9 Å². The number of nitro groups is 1. The van der Waals surface area contributed by atoms with Crippen molar-refractivity contribution in [2.75, 3.05) is 10.6 Å². The van der Waals surface area contributed by atoms with Gasteiger partial charge in [0.25, 0.3) is 11.6 Å². The third kappa shape index (κ3) is 4.56. The molecule has 0 spiro atoms. The van der Waals surface area contributed by atoms with Crippen LogP contribution in [0.15, 0.2) is 60.3 Å². The van der Waals surface area contributed by atoms with Gasteiger partial charge in [0.1, 0.15) is 11.6 Å². The Bertz CT molecular complexity index is 824. The summed E-state index contributed by atoms with van der Waals surface area (Å²) in [5.74, 6) is -0.632. The molecule has 0 saturated carbocycles. The number of amides is 1. The van der Waals surface area contributed by atoms with Crippen LogP contribution < -0.4 is 10.6 Å². The molecule has 120 valence electrons. The number of halogens is 1. The number of anilines is 2. The first-order valence-electron chi connectivity index (χ1n) is 6.68. The van der Waals surface area contributed by atoms with Crippen molar-refractivity contribution in [1.82, 2.24) is 0 Å². The first kappa shape index (κ1) is 17.0. The van der Waals surface area contributed by atoms with Gasteiger partial charge in [-0.15, -0.1) is 0 Å². The second kappa shape index (κ2) is 7.76. The maximum Gasteiger partial charge on any atom is 0.269 e. The van der Waals surface area contributed by atoms with Crippen molar-refractivity contribution in [2.45, 2.75) is 0 Å². The van der Waals surface area contributed by atoms with Gasteiger partial charge in [-0.25, -0.2) is 0 Å². The molecule has 0 saturated heterocycles. The third-order valence-electron chi connectivity index (χ3n) is 2.93. The van der Waals surface area contributed by atoms with Gasteiger partial charge in [0.2, 0.25) is 0 Å². The number of hydrogen-bond donors (Lipinski definition) is 2. The Balaban J connectivity index is 2.05. The standard InChI is InChI=1S/C16H11ClN4O3/c17-12-1-3-13(4-2-12)19-10-11(9-18)16(22)20-14-5-7-15(8-6-14)21(23)24/h1-8,10,19H,(H,20,22)/b11-10-. The average molecular weight is 343 g/mol. The second-order valence-corrected chi connectivity index (χ2v) is 5.02. The molecule has 2 N–H and O–H groups in total. The molecule has 8 heteroatoms. The van der Waals surface area contributed by atoms with Crippen molar-refractivity contribution in [2.24, 2.45) is 0 Å². The Morgan fingerprint density at radius 2 is 1.71 bits per heavy atom. The maximum atomic E-state index is 12.0. The van der Waals surface area contributed by atoms with Crippen LogP contribution in [0.2, 0.25) is 5.02 Å². The SMILES string of the molecule is N#C/C(=C/Nc1ccc(Cl)cc1)C(=O)Nc1ccc([N+](=O)[O-])cc1. The van der Waals surface area contributed by atoms with E-state index in [4.69, 9.17) is 16.9 Å². The first-order valence-corrected chi connectivity index (χ1v) is 7.05. The highest BCUT2D eigenvalue weighted by Gasteiger charge is 2.10. The first-order chi connectivity index (χ1) is 11.5. The largest absolute Gasteiger partial charge is 0.360 e. The Kier molecular flexibility index (Phi) is 5.49. The molecule has 0 atom stereocenters. The predicted molar refractivity (Wildman–Crippen MR) is 90.5 cm³/mol. The topological polar surface area (TPSA) is 108 Å². The van der Waals surface area contributed by atoms with E-state index in [9.17, 15) is 14.9 Å². The van der Waals surface area contributed by atoms with Gasteiger partial charge in [0.15, 0.2) is 0 Å². The van der Waals surface area contributed by atoms with E-state index >= 15 is 0 Å². The van der Waals surface area contributed by atoms with Crippen LogP contribution in [0.1, 0.15) is 0 Å². The fraction of sp³-hybridized carbons (Fsp3) is 0. The van der Waals surface area contributed by atoms with E-state index in [1.165, 1.54) is 30.5 Å². The fourth-order valence-electron chi connectivity index (χ4n) is 1.72. The number of non-ortho nitro benzene ring substituents is 1. The number of rotatable bonds is 5. The lowest BCUT2D eigenvalue weighted by atomic mass is 10.2. The summed E-state index contributed by atoms with van der Waals surface area (Å²) >= 11 is 5.77. The number of nitriles is 1. The molecular formula is C16H11ClN4O3. The smallest absolute Gasteiger partial charge is 0.269 e. The molecule has 0 heterocycles. The van der Waals surface area contributed by atoms with Crippen molar-refractivity contribution < 1.29 is 9.72 Å². The van der Waals surface area contributed by atoms with E-state index in [0.29, 0.717) is 16.4 Å². The van der Waals surface area contributed by atoms with Gasteiger partial charge in [-0.2, -0.15) is 5.26 Å². The Labute approximate surface area is 142 Å². The van der Waals surface area contributed by atoms with Crippen molar-refractivity contribution >= 4 is 34.6 Å². The van der Waals surface area contributed by atoms with E-state index in [0.717, 1.165) is 0 Å². The highest BCUT2D eigenvalue weighted by Crippen LogP contribution is 2.16. The summed E-state index contributed by atoms with van der Waals surface area (Å²) in [7, 11) is 0. The fourth-order valence-corrected chi connectivity index (χ4v) is 1.84. The van der Waals surface area contributed by atoms with Crippen molar-refractivity contribution in [3.8, 4) is 6.07 Å². The number of carbonyl (C=O) groups excluding carboxylic acids is 1. The van der Waals surface area contributed by atoms with Gasteiger partial charge >= 0.3 is 0 Å². The predicted octanol–water partition coefficient (Wildman–Crippen LogP) is 3.71. The molecule has 24 heavy (non-hydrogen) atoms. The van der Waals surface area contributed by atoms with Crippen LogP contribution in [0.4, 0.5) is 17.1 Å². The summed E-state index contributed by atoms with van der Waals surface area (Å²) in [5.41, 5.74) is 0.769. The number of hydrogen-bond acceptors (Lipinski definition) is 5. The van der Waals surface area contributed by atoms with Crippen molar-refractivity contribution in [1.29, 1.82) is 5.26 Å². The van der Waals surface area contributed by atoms with E-state index in [-0.39, 0.29) is 11.3 Å². The van der Waals surface area contributed by atoms with Crippen LogP contribution in [-0.4, -0.2) is 10.8 Å². The molecule has 2 aromatic carbocycles. The lowest BCUT2D eigenvalue weighted by Crippen LogP contribution is -2.14. The van der Waals surface area contributed by atoms with Gasteiger partial charge in [0.05, 0.1) is 4.92 Å². The van der Waals surface area contributed by atoms with Gasteiger partial charge in [0, 0.05) is 34.7 Å². The summed E-state index contributed by atoms with van der Waals surface area (Å²) in [6, 6.07) is 13.8. The molecule has 2 rings (SSSR count). The monoisotopic (exact) mass is 342 g/mol. The minimum atomic E-state index is -0.632. The Morgan fingerprint density at radius 3 is 2.25 bits per heavy atom. The maximum absolute atomic E-state index is 12.0. The van der Waals surface area contributed by atoms with E-state index in [1.54, 1.807) is 30.3 Å².